The van der Waals surface area contributed by atoms with E-state index in [4.69, 9.17) is 14.6 Å². The maximum atomic E-state index is 13.0. The molecule has 0 aliphatic heterocycles. The van der Waals surface area contributed by atoms with Crippen molar-refractivity contribution in [1.82, 2.24) is 0 Å². The topological polar surface area (TPSA) is 64.5 Å². The van der Waals surface area contributed by atoms with Gasteiger partial charge in [-0.15, -0.1) is 0 Å². The fourth-order valence-electron chi connectivity index (χ4n) is 1.87. The molecule has 1 aromatic rings. The normalized spacial score (nSPS) is 15.4. The summed E-state index contributed by atoms with van der Waals surface area (Å²) in [6.07, 6.45) is -2.48. The minimum atomic E-state index is -4.58. The Kier molecular flexibility index (Phi) is 4.00. The van der Waals surface area contributed by atoms with Gasteiger partial charge in [-0.25, -0.2) is 5.84 Å². The Bertz CT molecular complexity index is 477. The Labute approximate surface area is 122 Å². The number of hydrazine groups is 1. The highest BCUT2D eigenvalue weighted by Crippen LogP contribution is 2.44. The number of nitrogens with zero attached hydrogens (tertiary/aromatic N) is 1. The van der Waals surface area contributed by atoms with E-state index >= 15 is 0 Å². The summed E-state index contributed by atoms with van der Waals surface area (Å²) < 4.78 is 43.7. The van der Waals surface area contributed by atoms with Crippen molar-refractivity contribution in [3.05, 3.63) is 17.7 Å². The van der Waals surface area contributed by atoms with Gasteiger partial charge in [-0.05, 0) is 30.9 Å². The van der Waals surface area contributed by atoms with Gasteiger partial charge < -0.3 is 13.8 Å². The molecule has 0 spiro atoms. The van der Waals surface area contributed by atoms with Gasteiger partial charge in [0, 0.05) is 6.54 Å². The molecule has 1 saturated carbocycles. The number of anilines is 2. The molecule has 1 aliphatic carbocycles. The first-order chi connectivity index (χ1) is 8.84. The van der Waals surface area contributed by atoms with Crippen LogP contribution < -0.4 is 19.7 Å². The average Bonchev–Trinajstić information content (AvgIpc) is 3.10. The quantitative estimate of drug-likeness (QED) is 0.361. The maximum Gasteiger partial charge on any atom is 0.422 e. The van der Waals surface area contributed by atoms with E-state index in [1.54, 1.807) is 0 Å². The monoisotopic (exact) mass is 387 g/mol. The predicted molar refractivity (Wildman–Crippen MR) is 74.8 cm³/mol. The first-order valence-corrected chi connectivity index (χ1v) is 6.53. The van der Waals surface area contributed by atoms with Crippen molar-refractivity contribution in [2.45, 2.75) is 19.0 Å². The van der Waals surface area contributed by atoms with Crippen LogP contribution in [0.15, 0.2) is 12.1 Å². The van der Waals surface area contributed by atoms with E-state index in [0.717, 1.165) is 12.8 Å². The molecular formula is C11H13F3IN3O. The largest absolute Gasteiger partial charge is 0.427 e. The van der Waals surface area contributed by atoms with Crippen molar-refractivity contribution in [3.8, 4) is 5.75 Å². The third-order valence-electron chi connectivity index (χ3n) is 3.01. The molecule has 1 fully saturated rings. The van der Waals surface area contributed by atoms with Crippen molar-refractivity contribution >= 4 is 34.4 Å². The van der Waals surface area contributed by atoms with Gasteiger partial charge in [0.25, 0.3) is 0 Å². The first-order valence-electron chi connectivity index (χ1n) is 5.65. The van der Waals surface area contributed by atoms with E-state index in [9.17, 15) is 13.2 Å². The van der Waals surface area contributed by atoms with Gasteiger partial charge in [-0.2, -0.15) is 13.2 Å². The average molecular weight is 387 g/mol. The SMILES string of the molecule is Nc1c(N(N)CC2CC2)ccc(OI)c1C(F)(F)F. The molecule has 0 amide bonds. The molecule has 0 radical (unpaired) electrons. The van der Waals surface area contributed by atoms with Gasteiger partial charge in [0.1, 0.15) is 11.3 Å². The second-order valence-corrected chi connectivity index (χ2v) is 4.98. The molecule has 19 heavy (non-hydrogen) atoms. The zero-order valence-electron chi connectivity index (χ0n) is 9.88. The van der Waals surface area contributed by atoms with Crippen LogP contribution in [0.25, 0.3) is 0 Å². The summed E-state index contributed by atoms with van der Waals surface area (Å²) in [7, 11) is 0. The number of halogens is 4. The zero-order chi connectivity index (χ0) is 14.2. The van der Waals surface area contributed by atoms with E-state index in [-0.39, 0.29) is 11.4 Å². The number of hydrogen-bond donors (Lipinski definition) is 2. The van der Waals surface area contributed by atoms with Gasteiger partial charge in [0.15, 0.2) is 23.0 Å². The summed E-state index contributed by atoms with van der Waals surface area (Å²) in [6.45, 7) is 0.506. The lowest BCUT2D eigenvalue weighted by molar-refractivity contribution is -0.137. The summed E-state index contributed by atoms with van der Waals surface area (Å²) in [5.74, 6) is 5.92. The van der Waals surface area contributed by atoms with E-state index in [1.165, 1.54) is 40.1 Å². The minimum absolute atomic E-state index is 0.177. The molecule has 1 aliphatic rings. The van der Waals surface area contributed by atoms with Crippen LogP contribution in [0.2, 0.25) is 0 Å². The molecule has 0 unspecified atom stereocenters. The maximum absolute atomic E-state index is 13.0. The summed E-state index contributed by atoms with van der Waals surface area (Å²) in [5, 5.41) is 1.28. The highest BCUT2D eigenvalue weighted by Gasteiger charge is 2.38. The second-order valence-electron chi connectivity index (χ2n) is 4.54. The molecular weight excluding hydrogens is 374 g/mol. The van der Waals surface area contributed by atoms with Crippen LogP contribution in [0.5, 0.6) is 5.75 Å². The molecule has 0 heterocycles. The first kappa shape index (κ1) is 14.5. The highest BCUT2D eigenvalue weighted by molar-refractivity contribution is 14.1. The smallest absolute Gasteiger partial charge is 0.422 e. The lowest BCUT2D eigenvalue weighted by Crippen LogP contribution is -2.34. The third kappa shape index (κ3) is 3.16. The summed E-state index contributed by atoms with van der Waals surface area (Å²) in [5.41, 5.74) is 4.42. The summed E-state index contributed by atoms with van der Waals surface area (Å²) in [4.78, 5) is 0. The van der Waals surface area contributed by atoms with Crippen LogP contribution in [0.3, 0.4) is 0 Å². The molecule has 4 nitrogen and oxygen atoms in total. The number of nitrogen functional groups attached to an aromatic ring is 1. The van der Waals surface area contributed by atoms with E-state index in [1.807, 2.05) is 0 Å². The predicted octanol–water partition coefficient (Wildman–Crippen LogP) is 3.11. The van der Waals surface area contributed by atoms with Crippen molar-refractivity contribution in [1.29, 1.82) is 0 Å². The lowest BCUT2D eigenvalue weighted by Gasteiger charge is -2.23. The van der Waals surface area contributed by atoms with E-state index < -0.39 is 17.4 Å². The van der Waals surface area contributed by atoms with Gasteiger partial charge in [-0.3, -0.25) is 0 Å². The summed E-state index contributed by atoms with van der Waals surface area (Å²) >= 11 is 1.39. The molecule has 106 valence electrons. The molecule has 4 N–H and O–H groups in total. The Morgan fingerprint density at radius 3 is 2.47 bits per heavy atom. The van der Waals surface area contributed by atoms with Crippen molar-refractivity contribution in [2.75, 3.05) is 17.3 Å². The van der Waals surface area contributed by atoms with E-state index in [0.29, 0.717) is 12.5 Å². The van der Waals surface area contributed by atoms with Gasteiger partial charge in [0.2, 0.25) is 0 Å². The lowest BCUT2D eigenvalue weighted by atomic mass is 10.1. The molecule has 0 bridgehead atoms. The number of hydrogen-bond acceptors (Lipinski definition) is 4. The Morgan fingerprint density at radius 2 is 2.00 bits per heavy atom. The van der Waals surface area contributed by atoms with Crippen molar-refractivity contribution in [3.63, 3.8) is 0 Å². The fraction of sp³-hybridized carbons (Fsp3) is 0.455. The Hall–Kier alpha value is -0.900. The van der Waals surface area contributed by atoms with Crippen molar-refractivity contribution in [2.24, 2.45) is 11.8 Å². The third-order valence-corrected chi connectivity index (χ3v) is 3.49. The van der Waals surface area contributed by atoms with E-state index in [2.05, 4.69) is 0 Å². The number of alkyl halides is 3. The van der Waals surface area contributed by atoms with Crippen LogP contribution in [-0.4, -0.2) is 6.54 Å². The van der Waals surface area contributed by atoms with Gasteiger partial charge in [-0.1, -0.05) is 0 Å². The minimum Gasteiger partial charge on any atom is -0.427 e. The Balaban J connectivity index is 2.40. The Morgan fingerprint density at radius 1 is 1.37 bits per heavy atom. The molecule has 0 atom stereocenters. The molecule has 1 aromatic carbocycles. The van der Waals surface area contributed by atoms with Crippen LogP contribution in [0.4, 0.5) is 24.5 Å². The summed E-state index contributed by atoms with van der Waals surface area (Å²) in [6, 6.07) is 2.68. The number of rotatable bonds is 4. The molecule has 8 heteroatoms. The molecule has 2 rings (SSSR count). The second kappa shape index (κ2) is 5.23. The van der Waals surface area contributed by atoms with Crippen LogP contribution in [0, 0.1) is 5.92 Å². The van der Waals surface area contributed by atoms with Crippen LogP contribution in [0.1, 0.15) is 18.4 Å². The standard InChI is InChI=1S/C11H13F3IN3O/c12-11(13,14)9-8(19-15)4-3-7(10(9)16)18(17)5-6-1-2-6/h3-4,6H,1-2,5,16-17H2. The van der Waals surface area contributed by atoms with Crippen molar-refractivity contribution < 1.29 is 16.2 Å². The zero-order valence-corrected chi connectivity index (χ0v) is 12.0. The highest BCUT2D eigenvalue weighted by atomic mass is 127. The van der Waals surface area contributed by atoms with Crippen LogP contribution >= 0.6 is 23.0 Å². The fourth-order valence-corrected chi connectivity index (χ4v) is 2.24. The molecule has 0 saturated heterocycles. The number of nitrogens with two attached hydrogens (primary N) is 2. The molecule has 0 aromatic heterocycles. The van der Waals surface area contributed by atoms with Gasteiger partial charge in [0.05, 0.1) is 11.4 Å². The van der Waals surface area contributed by atoms with Crippen LogP contribution in [-0.2, 0) is 6.18 Å². The number of benzene rings is 1. The van der Waals surface area contributed by atoms with Gasteiger partial charge >= 0.3 is 6.18 Å².